The number of hydrogen-bond donors (Lipinski definition) is 0. The minimum Gasteiger partial charge on any atom is -0.496 e. The number of methoxy groups -OCH3 is 2. The number of hydrogen-bond acceptors (Lipinski definition) is 4. The number of benzene rings is 2. The van der Waals surface area contributed by atoms with E-state index in [0.717, 1.165) is 42.5 Å². The van der Waals surface area contributed by atoms with Crippen LogP contribution in [-0.4, -0.2) is 39.0 Å². The third kappa shape index (κ3) is 4.55. The molecule has 1 aliphatic carbocycles. The smallest absolute Gasteiger partial charge is 0.188 e. The van der Waals surface area contributed by atoms with Crippen LogP contribution in [0.3, 0.4) is 0 Å². The molecule has 2 aromatic rings. The number of likely N-dealkylation sites (tertiary alicyclic amines) is 1. The van der Waals surface area contributed by atoms with E-state index in [1.807, 2.05) is 12.1 Å². The molecule has 29 heavy (non-hydrogen) atoms. The zero-order valence-corrected chi connectivity index (χ0v) is 18.1. The van der Waals surface area contributed by atoms with E-state index < -0.39 is 0 Å². The summed E-state index contributed by atoms with van der Waals surface area (Å²) >= 11 is 6.52. The van der Waals surface area contributed by atoms with Gasteiger partial charge in [-0.2, -0.15) is 0 Å². The highest BCUT2D eigenvalue weighted by molar-refractivity contribution is 6.31. The van der Waals surface area contributed by atoms with E-state index >= 15 is 0 Å². The Bertz CT molecular complexity index is 841. The SMILES string of the molecule is COCOc1ccc(CC2CCN(C3CCCc4c(OC)cccc43)C2)c(Cl)c1. The monoisotopic (exact) mass is 415 g/mol. The molecule has 2 aromatic carbocycles. The average molecular weight is 416 g/mol. The lowest BCUT2D eigenvalue weighted by atomic mass is 9.86. The minimum absolute atomic E-state index is 0.237. The lowest BCUT2D eigenvalue weighted by molar-refractivity contribution is 0.0511. The van der Waals surface area contributed by atoms with Gasteiger partial charge in [0.2, 0.25) is 0 Å². The van der Waals surface area contributed by atoms with Crippen LogP contribution in [0.1, 0.15) is 42.0 Å². The van der Waals surface area contributed by atoms with Gasteiger partial charge in [-0.1, -0.05) is 29.8 Å². The van der Waals surface area contributed by atoms with Gasteiger partial charge in [-0.05, 0) is 79.5 Å². The Labute approximate surface area is 178 Å². The van der Waals surface area contributed by atoms with Crippen molar-refractivity contribution in [3.63, 3.8) is 0 Å². The summed E-state index contributed by atoms with van der Waals surface area (Å²) in [6.45, 7) is 2.51. The largest absolute Gasteiger partial charge is 0.496 e. The lowest BCUT2D eigenvalue weighted by Crippen LogP contribution is -2.30. The first-order valence-electron chi connectivity index (χ1n) is 10.5. The normalized spacial score (nSPS) is 21.8. The molecule has 4 rings (SSSR count). The first kappa shape index (κ1) is 20.5. The highest BCUT2D eigenvalue weighted by atomic mass is 35.5. The van der Waals surface area contributed by atoms with Gasteiger partial charge in [0.15, 0.2) is 6.79 Å². The molecule has 0 amide bonds. The first-order valence-corrected chi connectivity index (χ1v) is 10.9. The number of halogens is 1. The number of ether oxygens (including phenoxy) is 3. The van der Waals surface area contributed by atoms with Crippen LogP contribution in [0.5, 0.6) is 11.5 Å². The van der Waals surface area contributed by atoms with Crippen LogP contribution in [0.2, 0.25) is 5.02 Å². The highest BCUT2D eigenvalue weighted by Crippen LogP contribution is 2.41. The van der Waals surface area contributed by atoms with Crippen molar-refractivity contribution in [3.05, 3.63) is 58.1 Å². The molecule has 1 aliphatic heterocycles. The van der Waals surface area contributed by atoms with Crippen molar-refractivity contribution in [1.29, 1.82) is 0 Å². The van der Waals surface area contributed by atoms with Crippen LogP contribution in [-0.2, 0) is 17.6 Å². The molecule has 1 fully saturated rings. The summed E-state index contributed by atoms with van der Waals surface area (Å²) in [7, 11) is 3.39. The van der Waals surface area contributed by atoms with Crippen LogP contribution in [0.25, 0.3) is 0 Å². The second-order valence-electron chi connectivity index (χ2n) is 8.09. The Morgan fingerprint density at radius 1 is 1.14 bits per heavy atom. The Morgan fingerprint density at radius 3 is 2.83 bits per heavy atom. The molecule has 0 aromatic heterocycles. The van der Waals surface area contributed by atoms with Crippen molar-refractivity contribution in [2.24, 2.45) is 5.92 Å². The molecule has 2 atom stereocenters. The average Bonchev–Trinajstić information content (AvgIpc) is 3.21. The van der Waals surface area contributed by atoms with E-state index in [1.54, 1.807) is 14.2 Å². The molecule has 5 heteroatoms. The topological polar surface area (TPSA) is 30.9 Å². The van der Waals surface area contributed by atoms with Crippen LogP contribution in [0.15, 0.2) is 36.4 Å². The van der Waals surface area contributed by atoms with Crippen molar-refractivity contribution in [2.75, 3.05) is 34.1 Å². The molecule has 156 valence electrons. The molecule has 4 nitrogen and oxygen atoms in total. The van der Waals surface area contributed by atoms with Crippen LogP contribution in [0.4, 0.5) is 0 Å². The molecule has 0 radical (unpaired) electrons. The predicted molar refractivity (Wildman–Crippen MR) is 116 cm³/mol. The standard InChI is InChI=1S/C24H30ClNO3/c1-27-16-29-19-10-9-18(22(25)14-19)13-17-11-12-26(15-17)23-7-3-6-21-20(23)5-4-8-24(21)28-2/h4-5,8-10,14,17,23H,3,6-7,11-13,15-16H2,1-2H3. The molecule has 0 bridgehead atoms. The molecule has 2 aliphatic rings. The number of nitrogens with zero attached hydrogens (tertiary/aromatic N) is 1. The summed E-state index contributed by atoms with van der Waals surface area (Å²) in [5.41, 5.74) is 4.08. The van der Waals surface area contributed by atoms with Crippen LogP contribution >= 0.6 is 11.6 Å². The molecule has 2 unspecified atom stereocenters. The summed E-state index contributed by atoms with van der Waals surface area (Å²) < 4.78 is 16.1. The lowest BCUT2D eigenvalue weighted by Gasteiger charge is -2.34. The highest BCUT2D eigenvalue weighted by Gasteiger charge is 2.32. The molecular weight excluding hydrogens is 386 g/mol. The minimum atomic E-state index is 0.237. The van der Waals surface area contributed by atoms with Crippen molar-refractivity contribution in [1.82, 2.24) is 4.90 Å². The molecule has 0 saturated carbocycles. The predicted octanol–water partition coefficient (Wildman–Crippen LogP) is 5.27. The van der Waals surface area contributed by atoms with E-state index in [2.05, 4.69) is 29.2 Å². The zero-order valence-electron chi connectivity index (χ0n) is 17.3. The molecular formula is C24H30ClNO3. The van der Waals surface area contributed by atoms with Crippen molar-refractivity contribution >= 4 is 11.6 Å². The van der Waals surface area contributed by atoms with Gasteiger partial charge in [0.25, 0.3) is 0 Å². The summed E-state index contributed by atoms with van der Waals surface area (Å²) in [6, 6.07) is 13.0. The van der Waals surface area contributed by atoms with Crippen molar-refractivity contribution < 1.29 is 14.2 Å². The van der Waals surface area contributed by atoms with Gasteiger partial charge in [-0.3, -0.25) is 4.90 Å². The third-order valence-electron chi connectivity index (χ3n) is 6.29. The van der Waals surface area contributed by atoms with E-state index in [-0.39, 0.29) is 6.79 Å². The van der Waals surface area contributed by atoms with Gasteiger partial charge in [0.1, 0.15) is 11.5 Å². The maximum Gasteiger partial charge on any atom is 0.188 e. The summed E-state index contributed by atoms with van der Waals surface area (Å²) in [4.78, 5) is 2.67. The fourth-order valence-electron chi connectivity index (χ4n) is 4.89. The maximum atomic E-state index is 6.52. The number of rotatable bonds is 7. The van der Waals surface area contributed by atoms with E-state index in [4.69, 9.17) is 25.8 Å². The second-order valence-corrected chi connectivity index (χ2v) is 8.50. The Hall–Kier alpha value is -1.75. The van der Waals surface area contributed by atoms with Gasteiger partial charge in [0.05, 0.1) is 7.11 Å². The maximum absolute atomic E-state index is 6.52. The summed E-state index contributed by atoms with van der Waals surface area (Å²) in [5, 5.41) is 0.782. The summed E-state index contributed by atoms with van der Waals surface area (Å²) in [5.74, 6) is 2.43. The fraction of sp³-hybridized carbons (Fsp3) is 0.500. The molecule has 1 saturated heterocycles. The van der Waals surface area contributed by atoms with E-state index in [0.29, 0.717) is 12.0 Å². The summed E-state index contributed by atoms with van der Waals surface area (Å²) in [6.07, 6.45) is 5.82. The second kappa shape index (κ2) is 9.38. The van der Waals surface area contributed by atoms with E-state index in [9.17, 15) is 0 Å². The van der Waals surface area contributed by atoms with Crippen molar-refractivity contribution in [3.8, 4) is 11.5 Å². The zero-order chi connectivity index (χ0) is 20.2. The quantitative estimate of drug-likeness (QED) is 0.576. The van der Waals surface area contributed by atoms with Gasteiger partial charge >= 0.3 is 0 Å². The van der Waals surface area contributed by atoms with Gasteiger partial charge in [0, 0.05) is 24.7 Å². The molecule has 0 spiro atoms. The molecule has 1 heterocycles. The van der Waals surface area contributed by atoms with E-state index in [1.165, 1.54) is 36.0 Å². The van der Waals surface area contributed by atoms with Gasteiger partial charge in [-0.25, -0.2) is 0 Å². The Kier molecular flexibility index (Phi) is 6.63. The van der Waals surface area contributed by atoms with Gasteiger partial charge in [-0.15, -0.1) is 0 Å². The van der Waals surface area contributed by atoms with Crippen LogP contribution < -0.4 is 9.47 Å². The Morgan fingerprint density at radius 2 is 2.03 bits per heavy atom. The Balaban J connectivity index is 1.42. The third-order valence-corrected chi connectivity index (χ3v) is 6.64. The number of fused-ring (bicyclic) bond motifs is 1. The molecule has 0 N–H and O–H groups in total. The fourth-order valence-corrected chi connectivity index (χ4v) is 5.14. The van der Waals surface area contributed by atoms with Crippen LogP contribution in [0, 0.1) is 5.92 Å². The first-order chi connectivity index (χ1) is 14.2. The van der Waals surface area contributed by atoms with Crippen molar-refractivity contribution in [2.45, 2.75) is 38.1 Å². The van der Waals surface area contributed by atoms with Gasteiger partial charge < -0.3 is 14.2 Å².